The number of carbonyl (C=O) groups excluding carboxylic acids is 1. The summed E-state index contributed by atoms with van der Waals surface area (Å²) in [7, 11) is 2.10. The monoisotopic (exact) mass is 324 g/mol. The van der Waals surface area contributed by atoms with E-state index < -0.39 is 0 Å². The third kappa shape index (κ3) is 4.07. The minimum absolute atomic E-state index is 0.00103. The maximum absolute atomic E-state index is 12.2. The van der Waals surface area contributed by atoms with Gasteiger partial charge in [-0.25, -0.2) is 0 Å². The first-order chi connectivity index (χ1) is 11.7. The lowest BCUT2D eigenvalue weighted by atomic mass is 10.1. The average Bonchev–Trinajstić information content (AvgIpc) is 3.09. The Labute approximate surface area is 143 Å². The molecule has 126 valence electrons. The van der Waals surface area contributed by atoms with Crippen molar-refractivity contribution in [2.75, 3.05) is 31.6 Å². The summed E-state index contributed by atoms with van der Waals surface area (Å²) in [6, 6.07) is 16.0. The van der Waals surface area contributed by atoms with Crippen molar-refractivity contribution in [3.63, 3.8) is 0 Å². The molecule has 1 N–H and O–H groups in total. The Balaban J connectivity index is 1.38. The van der Waals surface area contributed by atoms with E-state index in [9.17, 15) is 4.79 Å². The Bertz CT molecular complexity index is 685. The smallest absolute Gasteiger partial charge is 0.251 e. The van der Waals surface area contributed by atoms with Gasteiger partial charge in [0.05, 0.1) is 6.61 Å². The van der Waals surface area contributed by atoms with Crippen molar-refractivity contribution < 1.29 is 9.53 Å². The molecule has 0 fully saturated rings. The summed E-state index contributed by atoms with van der Waals surface area (Å²) in [5.41, 5.74) is 3.08. The number of nitrogens with zero attached hydrogens (tertiary/aromatic N) is 1. The molecule has 0 aromatic heterocycles. The summed E-state index contributed by atoms with van der Waals surface area (Å²) in [5, 5.41) is 3.01. The van der Waals surface area contributed by atoms with Crippen LogP contribution in [0.2, 0.25) is 0 Å². The second-order valence-corrected chi connectivity index (χ2v) is 6.14. The number of ether oxygens (including phenoxy) is 1. The van der Waals surface area contributed by atoms with E-state index in [0.29, 0.717) is 6.54 Å². The average molecular weight is 324 g/mol. The highest BCUT2D eigenvalue weighted by Gasteiger charge is 2.14. The molecule has 1 aliphatic rings. The molecule has 0 bridgehead atoms. The van der Waals surface area contributed by atoms with Crippen LogP contribution in [0.3, 0.4) is 0 Å². The van der Waals surface area contributed by atoms with Crippen molar-refractivity contribution in [1.82, 2.24) is 5.32 Å². The van der Waals surface area contributed by atoms with Gasteiger partial charge in [-0.1, -0.05) is 18.2 Å². The van der Waals surface area contributed by atoms with Crippen molar-refractivity contribution >= 4 is 11.6 Å². The van der Waals surface area contributed by atoms with E-state index in [1.165, 1.54) is 5.69 Å². The van der Waals surface area contributed by atoms with Crippen LogP contribution in [0.15, 0.2) is 48.5 Å². The van der Waals surface area contributed by atoms with Gasteiger partial charge in [-0.15, -0.1) is 0 Å². The number of para-hydroxylation sites is 1. The summed E-state index contributed by atoms with van der Waals surface area (Å²) in [5.74, 6) is 0.914. The standard InChI is InChI=1S/C20H24N2O2/c1-22(18-7-3-2-4-8-18)13-6-5-12-21-20(23)17-9-10-19-16(15-17)11-14-24-19/h2-4,7-10,15H,5-6,11-14H2,1H3,(H,21,23). The first-order valence-electron chi connectivity index (χ1n) is 8.54. The molecule has 0 unspecified atom stereocenters. The molecule has 3 rings (SSSR count). The Kier molecular flexibility index (Phi) is 5.36. The minimum Gasteiger partial charge on any atom is -0.493 e. The van der Waals surface area contributed by atoms with Gasteiger partial charge < -0.3 is 15.0 Å². The lowest BCUT2D eigenvalue weighted by Crippen LogP contribution is -2.25. The summed E-state index contributed by atoms with van der Waals surface area (Å²) >= 11 is 0. The van der Waals surface area contributed by atoms with Gasteiger partial charge in [-0.05, 0) is 48.7 Å². The fourth-order valence-electron chi connectivity index (χ4n) is 2.92. The van der Waals surface area contributed by atoms with Crippen molar-refractivity contribution in [2.45, 2.75) is 19.3 Å². The van der Waals surface area contributed by atoms with E-state index in [2.05, 4.69) is 29.4 Å². The van der Waals surface area contributed by atoms with E-state index in [1.54, 1.807) is 0 Å². The minimum atomic E-state index is 0.00103. The number of hydrogen-bond acceptors (Lipinski definition) is 3. The molecule has 2 aromatic carbocycles. The number of hydrogen-bond donors (Lipinski definition) is 1. The Hall–Kier alpha value is -2.49. The number of nitrogens with one attached hydrogen (secondary N) is 1. The molecule has 1 aliphatic heterocycles. The Morgan fingerprint density at radius 1 is 1.17 bits per heavy atom. The lowest BCUT2D eigenvalue weighted by molar-refractivity contribution is 0.0953. The molecular formula is C20H24N2O2. The van der Waals surface area contributed by atoms with Gasteiger partial charge >= 0.3 is 0 Å². The van der Waals surface area contributed by atoms with Gasteiger partial charge in [0.2, 0.25) is 0 Å². The van der Waals surface area contributed by atoms with Gasteiger partial charge in [0, 0.05) is 37.8 Å². The molecular weight excluding hydrogens is 300 g/mol. The van der Waals surface area contributed by atoms with E-state index in [1.807, 2.05) is 36.4 Å². The van der Waals surface area contributed by atoms with E-state index in [4.69, 9.17) is 4.74 Å². The van der Waals surface area contributed by atoms with Crippen molar-refractivity contribution in [1.29, 1.82) is 0 Å². The van der Waals surface area contributed by atoms with Crippen LogP contribution < -0.4 is 15.0 Å². The number of anilines is 1. The molecule has 4 heteroatoms. The highest BCUT2D eigenvalue weighted by Crippen LogP contribution is 2.25. The summed E-state index contributed by atoms with van der Waals surface area (Å²) < 4.78 is 5.47. The van der Waals surface area contributed by atoms with Crippen molar-refractivity contribution in [2.24, 2.45) is 0 Å². The zero-order valence-electron chi connectivity index (χ0n) is 14.1. The van der Waals surface area contributed by atoms with Crippen molar-refractivity contribution in [3.8, 4) is 5.75 Å². The fraction of sp³-hybridized carbons (Fsp3) is 0.350. The quantitative estimate of drug-likeness (QED) is 0.795. The molecule has 0 spiro atoms. The largest absolute Gasteiger partial charge is 0.493 e. The molecule has 0 saturated carbocycles. The van der Waals surface area contributed by atoms with Crippen LogP contribution in [-0.2, 0) is 6.42 Å². The maximum atomic E-state index is 12.2. The second-order valence-electron chi connectivity index (χ2n) is 6.14. The van der Waals surface area contributed by atoms with E-state index >= 15 is 0 Å². The zero-order valence-corrected chi connectivity index (χ0v) is 14.1. The predicted molar refractivity (Wildman–Crippen MR) is 96.9 cm³/mol. The van der Waals surface area contributed by atoms with Crippen LogP contribution in [0.25, 0.3) is 0 Å². The number of benzene rings is 2. The maximum Gasteiger partial charge on any atom is 0.251 e. The fourth-order valence-corrected chi connectivity index (χ4v) is 2.92. The molecule has 2 aromatic rings. The molecule has 24 heavy (non-hydrogen) atoms. The molecule has 1 amide bonds. The summed E-state index contributed by atoms with van der Waals surface area (Å²) in [6.45, 7) is 2.40. The SMILES string of the molecule is CN(CCCCNC(=O)c1ccc2c(c1)CCO2)c1ccccc1. The highest BCUT2D eigenvalue weighted by molar-refractivity contribution is 5.94. The van der Waals surface area contributed by atoms with Crippen LogP contribution in [0.4, 0.5) is 5.69 Å². The number of unbranched alkanes of at least 4 members (excludes halogenated alkanes) is 1. The second kappa shape index (κ2) is 7.86. The zero-order chi connectivity index (χ0) is 16.8. The highest BCUT2D eigenvalue weighted by atomic mass is 16.5. The van der Waals surface area contributed by atoms with Gasteiger partial charge in [-0.3, -0.25) is 4.79 Å². The lowest BCUT2D eigenvalue weighted by Gasteiger charge is -2.19. The topological polar surface area (TPSA) is 41.6 Å². The Morgan fingerprint density at radius 2 is 2.00 bits per heavy atom. The van der Waals surface area contributed by atoms with Gasteiger partial charge in [0.25, 0.3) is 5.91 Å². The summed E-state index contributed by atoms with van der Waals surface area (Å²) in [4.78, 5) is 14.4. The summed E-state index contributed by atoms with van der Waals surface area (Å²) in [6.07, 6.45) is 2.91. The van der Waals surface area contributed by atoms with Gasteiger partial charge in [0.1, 0.15) is 5.75 Å². The number of rotatable bonds is 7. The van der Waals surface area contributed by atoms with Crippen LogP contribution in [0.5, 0.6) is 5.75 Å². The van der Waals surface area contributed by atoms with Gasteiger partial charge in [-0.2, -0.15) is 0 Å². The van der Waals surface area contributed by atoms with E-state index in [0.717, 1.165) is 49.3 Å². The molecule has 0 saturated heterocycles. The first-order valence-corrected chi connectivity index (χ1v) is 8.54. The van der Waals surface area contributed by atoms with Crippen LogP contribution in [-0.4, -0.2) is 32.7 Å². The first kappa shape index (κ1) is 16.4. The molecule has 4 nitrogen and oxygen atoms in total. The molecule has 1 heterocycles. The normalized spacial score (nSPS) is 12.4. The number of carbonyl (C=O) groups is 1. The van der Waals surface area contributed by atoms with Crippen LogP contribution >= 0.6 is 0 Å². The molecule has 0 aliphatic carbocycles. The third-order valence-electron chi connectivity index (χ3n) is 4.35. The third-order valence-corrected chi connectivity index (χ3v) is 4.35. The van der Waals surface area contributed by atoms with Crippen molar-refractivity contribution in [3.05, 3.63) is 59.7 Å². The number of fused-ring (bicyclic) bond motifs is 1. The Morgan fingerprint density at radius 3 is 2.83 bits per heavy atom. The molecule has 0 radical (unpaired) electrons. The molecule has 0 atom stereocenters. The predicted octanol–water partition coefficient (Wildman–Crippen LogP) is 3.27. The number of amides is 1. The van der Waals surface area contributed by atoms with Crippen LogP contribution in [0.1, 0.15) is 28.8 Å². The van der Waals surface area contributed by atoms with E-state index in [-0.39, 0.29) is 5.91 Å². The van der Waals surface area contributed by atoms with Crippen LogP contribution in [0, 0.1) is 0 Å². The van der Waals surface area contributed by atoms with Gasteiger partial charge in [0.15, 0.2) is 0 Å².